The van der Waals surface area contributed by atoms with Crippen LogP contribution < -0.4 is 0 Å². The van der Waals surface area contributed by atoms with Gasteiger partial charge in [0.05, 0.1) is 35.7 Å². The van der Waals surface area contributed by atoms with Crippen LogP contribution in [0.25, 0.3) is 22.4 Å². The number of ether oxygens (including phenoxy) is 1. The summed E-state index contributed by atoms with van der Waals surface area (Å²) in [5, 5.41) is 14.3. The van der Waals surface area contributed by atoms with Crippen molar-refractivity contribution in [3.63, 3.8) is 0 Å². The highest BCUT2D eigenvalue weighted by Gasteiger charge is 2.46. The molecule has 0 atom stereocenters. The first kappa shape index (κ1) is 22.4. The standard InChI is InChI=1S/C22H21ClF3N3O3/c1-3-32-20(30)17-14(13-6-4-5-7-16(13)23)10-27-18(17)15-11-28-29(19(15)22(24,25)26)12-8-21(2,31)9-12/h4-7,10-12,27,31H,3,8-9H2,1-2H3. The molecule has 6 nitrogen and oxygen atoms in total. The zero-order valence-electron chi connectivity index (χ0n) is 17.3. The zero-order valence-corrected chi connectivity index (χ0v) is 18.1. The molecule has 0 unspecified atom stereocenters. The van der Waals surface area contributed by atoms with Crippen molar-refractivity contribution in [3.8, 4) is 22.4 Å². The Morgan fingerprint density at radius 2 is 2.00 bits per heavy atom. The van der Waals surface area contributed by atoms with E-state index >= 15 is 0 Å². The summed E-state index contributed by atoms with van der Waals surface area (Å²) in [5.74, 6) is -0.772. The average Bonchev–Trinajstić information content (AvgIpc) is 3.30. The minimum absolute atomic E-state index is 0.0496. The second-order valence-corrected chi connectivity index (χ2v) is 8.47. The SMILES string of the molecule is CCOC(=O)c1c(-c2ccccc2Cl)c[nH]c1-c1cnn(C2CC(C)(O)C2)c1C(F)(F)F. The number of nitrogens with zero attached hydrogens (tertiary/aromatic N) is 2. The summed E-state index contributed by atoms with van der Waals surface area (Å²) in [6, 6.07) is 6.12. The van der Waals surface area contributed by atoms with Crippen LogP contribution in [-0.4, -0.2) is 38.0 Å². The third-order valence-corrected chi connectivity index (χ3v) is 5.88. The number of aromatic amines is 1. The van der Waals surface area contributed by atoms with E-state index < -0.39 is 29.5 Å². The van der Waals surface area contributed by atoms with E-state index in [0.717, 1.165) is 10.9 Å². The summed E-state index contributed by atoms with van der Waals surface area (Å²) >= 11 is 6.28. The Kier molecular flexibility index (Phi) is 5.58. The van der Waals surface area contributed by atoms with Crippen molar-refractivity contribution in [1.29, 1.82) is 0 Å². The van der Waals surface area contributed by atoms with Crippen LogP contribution in [0.1, 0.15) is 48.8 Å². The highest BCUT2D eigenvalue weighted by Crippen LogP contribution is 2.47. The molecule has 0 radical (unpaired) electrons. The smallest absolute Gasteiger partial charge is 0.433 e. The number of hydrogen-bond donors (Lipinski definition) is 2. The van der Waals surface area contributed by atoms with Gasteiger partial charge < -0.3 is 14.8 Å². The van der Waals surface area contributed by atoms with E-state index in [1.807, 2.05) is 0 Å². The molecule has 2 N–H and O–H groups in total. The van der Waals surface area contributed by atoms with Gasteiger partial charge >= 0.3 is 12.1 Å². The number of alkyl halides is 3. The number of rotatable bonds is 5. The lowest BCUT2D eigenvalue weighted by atomic mass is 9.77. The minimum atomic E-state index is -4.74. The summed E-state index contributed by atoms with van der Waals surface area (Å²) in [6.45, 7) is 3.23. The van der Waals surface area contributed by atoms with Crippen molar-refractivity contribution < 1.29 is 27.8 Å². The third kappa shape index (κ3) is 3.91. The Bertz CT molecular complexity index is 1160. The first-order valence-corrected chi connectivity index (χ1v) is 10.4. The van der Waals surface area contributed by atoms with E-state index in [0.29, 0.717) is 16.1 Å². The molecule has 1 saturated carbocycles. The number of nitrogens with one attached hydrogen (secondary N) is 1. The number of carbonyl (C=O) groups is 1. The Morgan fingerprint density at radius 3 is 2.59 bits per heavy atom. The molecule has 2 aromatic heterocycles. The van der Waals surface area contributed by atoms with E-state index in [4.69, 9.17) is 16.3 Å². The maximum atomic E-state index is 14.1. The lowest BCUT2D eigenvalue weighted by Crippen LogP contribution is -2.43. The van der Waals surface area contributed by atoms with E-state index in [1.165, 1.54) is 6.20 Å². The van der Waals surface area contributed by atoms with Gasteiger partial charge in [-0.15, -0.1) is 0 Å². The Hall–Kier alpha value is -2.78. The maximum absolute atomic E-state index is 14.1. The molecular formula is C22H21ClF3N3O3. The van der Waals surface area contributed by atoms with Crippen molar-refractivity contribution in [2.45, 2.75) is 44.5 Å². The summed E-state index contributed by atoms with van der Waals surface area (Å²) in [5.41, 5.74) is -1.58. The van der Waals surface area contributed by atoms with E-state index in [9.17, 15) is 23.1 Å². The lowest BCUT2D eigenvalue weighted by Gasteiger charge is -2.41. The summed E-state index contributed by atoms with van der Waals surface area (Å²) in [7, 11) is 0. The number of aliphatic hydroxyl groups is 1. The van der Waals surface area contributed by atoms with Crippen molar-refractivity contribution in [2.24, 2.45) is 0 Å². The molecule has 1 aliphatic carbocycles. The Morgan fingerprint density at radius 1 is 1.31 bits per heavy atom. The fourth-order valence-corrected chi connectivity index (χ4v) is 4.41. The van der Waals surface area contributed by atoms with Gasteiger partial charge in [0, 0.05) is 27.9 Å². The minimum Gasteiger partial charge on any atom is -0.462 e. The van der Waals surface area contributed by atoms with Crippen molar-refractivity contribution in [3.05, 3.63) is 52.9 Å². The molecule has 4 rings (SSSR count). The lowest BCUT2D eigenvalue weighted by molar-refractivity contribution is -0.148. The van der Waals surface area contributed by atoms with Crippen LogP contribution in [-0.2, 0) is 10.9 Å². The van der Waals surface area contributed by atoms with Gasteiger partial charge in [-0.2, -0.15) is 18.3 Å². The molecule has 1 aliphatic rings. The average molecular weight is 468 g/mol. The van der Waals surface area contributed by atoms with E-state index in [-0.39, 0.29) is 36.3 Å². The van der Waals surface area contributed by atoms with Crippen LogP contribution in [0, 0.1) is 0 Å². The van der Waals surface area contributed by atoms with Gasteiger partial charge in [0.25, 0.3) is 0 Å². The van der Waals surface area contributed by atoms with Crippen molar-refractivity contribution >= 4 is 17.6 Å². The first-order valence-electron chi connectivity index (χ1n) is 10.0. The summed E-state index contributed by atoms with van der Waals surface area (Å²) in [6.07, 6.45) is -1.92. The van der Waals surface area contributed by atoms with Gasteiger partial charge in [-0.3, -0.25) is 4.68 Å². The van der Waals surface area contributed by atoms with Crippen molar-refractivity contribution in [2.75, 3.05) is 6.61 Å². The van der Waals surface area contributed by atoms with Gasteiger partial charge in [-0.05, 0) is 32.8 Å². The van der Waals surface area contributed by atoms with Crippen LogP contribution in [0.2, 0.25) is 5.02 Å². The summed E-state index contributed by atoms with van der Waals surface area (Å²) < 4.78 is 48.5. The molecule has 170 valence electrons. The fraction of sp³-hybridized carbons (Fsp3) is 0.364. The van der Waals surface area contributed by atoms with Crippen molar-refractivity contribution in [1.82, 2.24) is 14.8 Å². The predicted molar refractivity (Wildman–Crippen MR) is 112 cm³/mol. The largest absolute Gasteiger partial charge is 0.462 e. The molecule has 2 heterocycles. The molecule has 0 saturated heterocycles. The molecular weight excluding hydrogens is 447 g/mol. The molecule has 3 aromatic rings. The number of hydrogen-bond acceptors (Lipinski definition) is 4. The molecule has 10 heteroatoms. The molecule has 1 fully saturated rings. The van der Waals surface area contributed by atoms with Crippen LogP contribution in [0.15, 0.2) is 36.7 Å². The molecule has 0 aliphatic heterocycles. The van der Waals surface area contributed by atoms with E-state index in [1.54, 1.807) is 38.1 Å². The van der Waals surface area contributed by atoms with Crippen LogP contribution in [0.5, 0.6) is 0 Å². The fourth-order valence-electron chi connectivity index (χ4n) is 4.18. The number of carbonyl (C=O) groups excluding carboxylic acids is 1. The summed E-state index contributed by atoms with van der Waals surface area (Å²) in [4.78, 5) is 15.6. The van der Waals surface area contributed by atoms with Crippen LogP contribution in [0.4, 0.5) is 13.2 Å². The number of halogens is 4. The predicted octanol–water partition coefficient (Wildman–Crippen LogP) is 5.48. The highest BCUT2D eigenvalue weighted by molar-refractivity contribution is 6.33. The van der Waals surface area contributed by atoms with Gasteiger partial charge in [-0.25, -0.2) is 4.79 Å². The Labute approximate surface area is 187 Å². The second kappa shape index (κ2) is 7.97. The highest BCUT2D eigenvalue weighted by atomic mass is 35.5. The van der Waals surface area contributed by atoms with Gasteiger partial charge in [0.2, 0.25) is 0 Å². The van der Waals surface area contributed by atoms with Gasteiger partial charge in [-0.1, -0.05) is 29.8 Å². The molecule has 1 aromatic carbocycles. The van der Waals surface area contributed by atoms with Crippen LogP contribution in [0.3, 0.4) is 0 Å². The molecule has 32 heavy (non-hydrogen) atoms. The van der Waals surface area contributed by atoms with E-state index in [2.05, 4.69) is 10.1 Å². The monoisotopic (exact) mass is 467 g/mol. The number of esters is 1. The number of aromatic nitrogens is 3. The number of H-pyrrole nitrogens is 1. The quantitative estimate of drug-likeness (QED) is 0.487. The third-order valence-electron chi connectivity index (χ3n) is 5.55. The Balaban J connectivity index is 1.90. The zero-order chi connectivity index (χ0) is 23.3. The van der Waals surface area contributed by atoms with Gasteiger partial charge in [0.15, 0.2) is 5.69 Å². The molecule has 0 bridgehead atoms. The topological polar surface area (TPSA) is 80.1 Å². The maximum Gasteiger partial charge on any atom is 0.433 e. The number of benzene rings is 1. The molecule has 0 spiro atoms. The molecule has 0 amide bonds. The second-order valence-electron chi connectivity index (χ2n) is 8.06. The van der Waals surface area contributed by atoms with Gasteiger partial charge in [0.1, 0.15) is 0 Å². The normalized spacial score (nSPS) is 20.8. The van der Waals surface area contributed by atoms with Crippen LogP contribution >= 0.6 is 11.6 Å². The first-order chi connectivity index (χ1) is 15.0.